The van der Waals surface area contributed by atoms with E-state index in [4.69, 9.17) is 19.7 Å². The third-order valence-electron chi connectivity index (χ3n) is 7.02. The number of carbonyl (C=O) groups is 1. The van der Waals surface area contributed by atoms with Crippen molar-refractivity contribution in [2.45, 2.75) is 52.0 Å². The van der Waals surface area contributed by atoms with Crippen LogP contribution in [0, 0.1) is 17.7 Å². The zero-order chi connectivity index (χ0) is 25.5. The third kappa shape index (κ3) is 5.95. The number of rotatable bonds is 11. The average molecular weight is 495 g/mol. The van der Waals surface area contributed by atoms with Crippen molar-refractivity contribution in [3.63, 3.8) is 0 Å². The summed E-state index contributed by atoms with van der Waals surface area (Å²) in [5.74, 6) is -0.207. The van der Waals surface area contributed by atoms with Gasteiger partial charge in [-0.2, -0.15) is 5.10 Å². The predicted octanol–water partition coefficient (Wildman–Crippen LogP) is 6.22. The van der Waals surface area contributed by atoms with Gasteiger partial charge < -0.3 is 14.6 Å². The van der Waals surface area contributed by atoms with E-state index in [9.17, 15) is 4.79 Å². The minimum Gasteiger partial charge on any atom is -0.494 e. The van der Waals surface area contributed by atoms with Crippen molar-refractivity contribution >= 4 is 5.97 Å². The van der Waals surface area contributed by atoms with Crippen LogP contribution in [0.5, 0.6) is 5.75 Å². The van der Waals surface area contributed by atoms with Crippen LogP contribution in [0.15, 0.2) is 48.5 Å². The van der Waals surface area contributed by atoms with Gasteiger partial charge in [-0.15, -0.1) is 0 Å². The van der Waals surface area contributed by atoms with Gasteiger partial charge in [-0.1, -0.05) is 55.8 Å². The molecule has 36 heavy (non-hydrogen) atoms. The van der Waals surface area contributed by atoms with E-state index in [2.05, 4.69) is 11.6 Å². The van der Waals surface area contributed by atoms with E-state index in [0.29, 0.717) is 24.0 Å². The SMILES string of the molecule is CCCc1c(-c2cccc(OC)c2F)c(-c2ccccc2)nn1C[C@H]1CC[C@H](COCC(=O)O)CC1. The Bertz CT molecular complexity index is 1150. The van der Waals surface area contributed by atoms with E-state index in [-0.39, 0.29) is 18.2 Å². The van der Waals surface area contributed by atoms with Crippen LogP contribution >= 0.6 is 0 Å². The topological polar surface area (TPSA) is 73.6 Å². The Hall–Kier alpha value is -3.19. The Labute approximate surface area is 212 Å². The van der Waals surface area contributed by atoms with Crippen LogP contribution in [0.1, 0.15) is 44.7 Å². The van der Waals surface area contributed by atoms with Crippen molar-refractivity contribution in [3.05, 3.63) is 60.0 Å². The molecule has 7 heteroatoms. The monoisotopic (exact) mass is 494 g/mol. The summed E-state index contributed by atoms with van der Waals surface area (Å²) in [6, 6.07) is 15.3. The first kappa shape index (κ1) is 25.9. The summed E-state index contributed by atoms with van der Waals surface area (Å²) in [4.78, 5) is 10.7. The first-order chi connectivity index (χ1) is 17.5. The van der Waals surface area contributed by atoms with Gasteiger partial charge in [0, 0.05) is 28.9 Å². The second-order valence-corrected chi connectivity index (χ2v) is 9.59. The summed E-state index contributed by atoms with van der Waals surface area (Å²) in [5, 5.41) is 13.9. The van der Waals surface area contributed by atoms with Gasteiger partial charge in [0.15, 0.2) is 11.6 Å². The standard InChI is InChI=1S/C29H35FN2O4/c1-3-8-24-27(23-11-7-12-25(35-2)28(23)30)29(22-9-5-4-6-10-22)31-32(24)17-20-13-15-21(16-14-20)18-36-19-26(33)34/h4-7,9-12,20-21H,3,8,13-19H2,1-2H3,(H,33,34)/t20-,21-. The van der Waals surface area contributed by atoms with Crippen molar-refractivity contribution in [2.75, 3.05) is 20.3 Å². The second kappa shape index (κ2) is 12.2. The molecular weight excluding hydrogens is 459 g/mol. The summed E-state index contributed by atoms with van der Waals surface area (Å²) in [7, 11) is 1.49. The summed E-state index contributed by atoms with van der Waals surface area (Å²) in [6.07, 6.45) is 5.82. The lowest BCUT2D eigenvalue weighted by Gasteiger charge is -2.28. The van der Waals surface area contributed by atoms with Crippen molar-refractivity contribution in [1.29, 1.82) is 0 Å². The fraction of sp³-hybridized carbons (Fsp3) is 0.448. The lowest BCUT2D eigenvalue weighted by atomic mass is 9.82. The lowest BCUT2D eigenvalue weighted by Crippen LogP contribution is -2.23. The molecule has 0 saturated heterocycles. The van der Waals surface area contributed by atoms with Crippen molar-refractivity contribution in [2.24, 2.45) is 11.8 Å². The number of hydrogen-bond donors (Lipinski definition) is 1. The summed E-state index contributed by atoms with van der Waals surface area (Å²) in [6.45, 7) is 3.18. The smallest absolute Gasteiger partial charge is 0.329 e. The Morgan fingerprint density at radius 1 is 1.08 bits per heavy atom. The molecule has 0 unspecified atom stereocenters. The van der Waals surface area contributed by atoms with Gasteiger partial charge in [-0.05, 0) is 50.0 Å². The zero-order valence-corrected chi connectivity index (χ0v) is 21.1. The van der Waals surface area contributed by atoms with Crippen LogP contribution in [0.2, 0.25) is 0 Å². The number of benzene rings is 2. The van der Waals surface area contributed by atoms with E-state index >= 15 is 4.39 Å². The molecule has 0 aliphatic heterocycles. The molecule has 2 aromatic carbocycles. The number of aromatic nitrogens is 2. The number of carboxylic acids is 1. The van der Waals surface area contributed by atoms with Gasteiger partial charge in [0.1, 0.15) is 12.3 Å². The maximum Gasteiger partial charge on any atom is 0.329 e. The minimum absolute atomic E-state index is 0.227. The predicted molar refractivity (Wildman–Crippen MR) is 138 cm³/mol. The Kier molecular flexibility index (Phi) is 8.75. The third-order valence-corrected chi connectivity index (χ3v) is 7.02. The molecule has 1 heterocycles. The minimum atomic E-state index is -0.927. The largest absolute Gasteiger partial charge is 0.494 e. The van der Waals surface area contributed by atoms with Gasteiger partial charge in [0.05, 0.1) is 13.7 Å². The van der Waals surface area contributed by atoms with Crippen molar-refractivity contribution in [3.8, 4) is 28.1 Å². The number of nitrogens with zero attached hydrogens (tertiary/aromatic N) is 2. The number of hydrogen-bond acceptors (Lipinski definition) is 4. The maximum atomic E-state index is 15.5. The summed E-state index contributed by atoms with van der Waals surface area (Å²) in [5.41, 5.74) is 4.17. The lowest BCUT2D eigenvalue weighted by molar-refractivity contribution is -0.142. The summed E-state index contributed by atoms with van der Waals surface area (Å²) < 4.78 is 28.2. The molecule has 0 radical (unpaired) electrons. The molecule has 192 valence electrons. The number of methoxy groups -OCH3 is 1. The molecule has 1 aromatic heterocycles. The first-order valence-corrected chi connectivity index (χ1v) is 12.8. The van der Waals surface area contributed by atoms with Crippen LogP contribution < -0.4 is 4.74 Å². The molecule has 4 rings (SSSR count). The van der Waals surface area contributed by atoms with Crippen molar-refractivity contribution in [1.82, 2.24) is 9.78 Å². The van der Waals surface area contributed by atoms with Gasteiger partial charge in [-0.3, -0.25) is 4.68 Å². The highest BCUT2D eigenvalue weighted by atomic mass is 19.1. The number of carboxylic acid groups (broad SMARTS) is 1. The summed E-state index contributed by atoms with van der Waals surface area (Å²) >= 11 is 0. The Morgan fingerprint density at radius 2 is 1.81 bits per heavy atom. The van der Waals surface area contributed by atoms with E-state index in [1.807, 2.05) is 42.5 Å². The molecule has 0 bridgehead atoms. The molecule has 6 nitrogen and oxygen atoms in total. The zero-order valence-electron chi connectivity index (χ0n) is 21.1. The van der Waals surface area contributed by atoms with E-state index in [1.54, 1.807) is 6.07 Å². The van der Waals surface area contributed by atoms with E-state index < -0.39 is 5.97 Å². The Balaban J connectivity index is 1.64. The molecule has 0 spiro atoms. The number of aliphatic carboxylic acids is 1. The molecule has 1 aliphatic rings. The van der Waals surface area contributed by atoms with Gasteiger partial charge in [0.2, 0.25) is 0 Å². The molecule has 0 atom stereocenters. The number of halogens is 1. The Morgan fingerprint density at radius 3 is 2.47 bits per heavy atom. The van der Waals surface area contributed by atoms with Crippen LogP contribution in [0.3, 0.4) is 0 Å². The van der Waals surface area contributed by atoms with Crippen LogP contribution in [-0.2, 0) is 22.5 Å². The van der Waals surface area contributed by atoms with E-state index in [0.717, 1.165) is 67.6 Å². The normalized spacial score (nSPS) is 17.8. The average Bonchev–Trinajstić information content (AvgIpc) is 3.23. The molecular formula is C29H35FN2O4. The molecule has 0 amide bonds. The van der Waals surface area contributed by atoms with Gasteiger partial charge in [-0.25, -0.2) is 9.18 Å². The molecule has 1 aliphatic carbocycles. The van der Waals surface area contributed by atoms with E-state index in [1.165, 1.54) is 7.11 Å². The second-order valence-electron chi connectivity index (χ2n) is 9.59. The molecule has 1 fully saturated rings. The highest BCUT2D eigenvalue weighted by Crippen LogP contribution is 2.40. The molecule has 3 aromatic rings. The van der Waals surface area contributed by atoms with Gasteiger partial charge in [0.25, 0.3) is 0 Å². The first-order valence-electron chi connectivity index (χ1n) is 12.8. The van der Waals surface area contributed by atoms with Crippen LogP contribution in [0.4, 0.5) is 4.39 Å². The van der Waals surface area contributed by atoms with Crippen LogP contribution in [0.25, 0.3) is 22.4 Å². The highest BCUT2D eigenvalue weighted by Gasteiger charge is 2.27. The maximum absolute atomic E-state index is 15.5. The fourth-order valence-electron chi connectivity index (χ4n) is 5.22. The van der Waals surface area contributed by atoms with Gasteiger partial charge >= 0.3 is 5.97 Å². The number of ether oxygens (including phenoxy) is 2. The fourth-order valence-corrected chi connectivity index (χ4v) is 5.22. The van der Waals surface area contributed by atoms with Crippen molar-refractivity contribution < 1.29 is 23.8 Å². The molecule has 1 N–H and O–H groups in total. The van der Waals surface area contributed by atoms with Crippen LogP contribution in [-0.4, -0.2) is 41.2 Å². The highest BCUT2D eigenvalue weighted by molar-refractivity contribution is 5.83. The molecule has 1 saturated carbocycles. The quantitative estimate of drug-likeness (QED) is 0.342.